The van der Waals surface area contributed by atoms with Crippen LogP contribution in [-0.4, -0.2) is 46.5 Å². The average molecular weight is 430 g/mol. The molecule has 1 aliphatic rings. The van der Waals surface area contributed by atoms with Gasteiger partial charge in [-0.25, -0.2) is 8.42 Å². The highest BCUT2D eigenvalue weighted by Crippen LogP contribution is 2.39. The lowest BCUT2D eigenvalue weighted by Crippen LogP contribution is -2.47. The Kier molecular flexibility index (Phi) is 7.31. The van der Waals surface area contributed by atoms with Crippen LogP contribution in [0, 0.1) is 0 Å². The molecule has 0 aliphatic heterocycles. The van der Waals surface area contributed by atoms with E-state index in [0.717, 1.165) is 23.9 Å². The zero-order valence-electron chi connectivity index (χ0n) is 15.0. The summed E-state index contributed by atoms with van der Waals surface area (Å²) >= 11 is 3.59. The third-order valence-corrected chi connectivity index (χ3v) is 6.27. The van der Waals surface area contributed by atoms with Crippen LogP contribution in [0.3, 0.4) is 0 Å². The Hall–Kier alpha value is -1.08. The van der Waals surface area contributed by atoms with Gasteiger partial charge in [0, 0.05) is 36.3 Å². The van der Waals surface area contributed by atoms with Crippen LogP contribution in [0.15, 0.2) is 33.7 Å². The van der Waals surface area contributed by atoms with E-state index in [1.807, 2.05) is 0 Å². The van der Waals surface area contributed by atoms with Gasteiger partial charge in [0.05, 0.1) is 5.75 Å². The Bertz CT molecular complexity index is 698. The van der Waals surface area contributed by atoms with Crippen LogP contribution in [-0.2, 0) is 15.3 Å². The molecule has 0 heterocycles. The molecule has 0 amide bonds. The minimum atomic E-state index is -2.97. The number of hydrogen-bond donors (Lipinski definition) is 2. The van der Waals surface area contributed by atoms with Crippen LogP contribution in [0.1, 0.15) is 37.7 Å². The lowest BCUT2D eigenvalue weighted by molar-refractivity contribution is 0.291. The molecule has 1 fully saturated rings. The summed E-state index contributed by atoms with van der Waals surface area (Å²) in [5.41, 5.74) is 1.44. The third kappa shape index (κ3) is 6.29. The van der Waals surface area contributed by atoms with E-state index in [4.69, 9.17) is 0 Å². The molecule has 0 saturated heterocycles. The lowest BCUT2D eigenvalue weighted by atomic mass is 9.69. The zero-order chi connectivity index (χ0) is 18.3. The first-order chi connectivity index (χ1) is 11.8. The number of nitrogens with one attached hydrogen (secondary N) is 2. The Labute approximate surface area is 159 Å². The Morgan fingerprint density at radius 3 is 2.56 bits per heavy atom. The molecule has 140 valence electrons. The molecule has 1 aromatic rings. The van der Waals surface area contributed by atoms with Gasteiger partial charge >= 0.3 is 0 Å². The van der Waals surface area contributed by atoms with Crippen molar-refractivity contribution in [2.75, 3.05) is 32.1 Å². The van der Waals surface area contributed by atoms with E-state index < -0.39 is 9.84 Å². The van der Waals surface area contributed by atoms with Gasteiger partial charge in [0.2, 0.25) is 0 Å². The van der Waals surface area contributed by atoms with Gasteiger partial charge in [-0.3, -0.25) is 4.99 Å². The Morgan fingerprint density at radius 2 is 1.96 bits per heavy atom. The molecule has 2 rings (SSSR count). The SMILES string of the molecule is CN=C(NCCS(C)(=O)=O)NCC1(c2cccc(Br)c2)CCCCC1. The Morgan fingerprint density at radius 1 is 1.24 bits per heavy atom. The van der Waals surface area contributed by atoms with Crippen molar-refractivity contribution >= 4 is 31.7 Å². The molecule has 7 heteroatoms. The molecule has 1 aromatic carbocycles. The lowest BCUT2D eigenvalue weighted by Gasteiger charge is -2.38. The maximum absolute atomic E-state index is 11.3. The van der Waals surface area contributed by atoms with Gasteiger partial charge in [0.25, 0.3) is 0 Å². The highest BCUT2D eigenvalue weighted by molar-refractivity contribution is 9.10. The second kappa shape index (κ2) is 9.03. The van der Waals surface area contributed by atoms with Gasteiger partial charge in [0.1, 0.15) is 9.84 Å². The first kappa shape index (κ1) is 20.2. The second-order valence-corrected chi connectivity index (χ2v) is 10.0. The quantitative estimate of drug-likeness (QED) is 0.538. The van der Waals surface area contributed by atoms with E-state index in [2.05, 4.69) is 55.8 Å². The van der Waals surface area contributed by atoms with Crippen molar-refractivity contribution in [3.63, 3.8) is 0 Å². The average Bonchev–Trinajstić information content (AvgIpc) is 2.58. The predicted octanol–water partition coefficient (Wildman–Crippen LogP) is 2.86. The van der Waals surface area contributed by atoms with Gasteiger partial charge in [-0.15, -0.1) is 0 Å². The highest BCUT2D eigenvalue weighted by Gasteiger charge is 2.34. The van der Waals surface area contributed by atoms with Crippen molar-refractivity contribution in [1.82, 2.24) is 10.6 Å². The van der Waals surface area contributed by atoms with Crippen molar-refractivity contribution < 1.29 is 8.42 Å². The molecule has 5 nitrogen and oxygen atoms in total. The largest absolute Gasteiger partial charge is 0.356 e. The minimum absolute atomic E-state index is 0.0937. The number of hydrogen-bond acceptors (Lipinski definition) is 3. The van der Waals surface area contributed by atoms with Gasteiger partial charge in [-0.2, -0.15) is 0 Å². The van der Waals surface area contributed by atoms with Crippen molar-refractivity contribution in [2.24, 2.45) is 4.99 Å². The molecule has 0 bridgehead atoms. The first-order valence-electron chi connectivity index (χ1n) is 8.73. The molecule has 0 atom stereocenters. The summed E-state index contributed by atoms with van der Waals surface area (Å²) in [6, 6.07) is 8.57. The summed E-state index contributed by atoms with van der Waals surface area (Å²) in [6.45, 7) is 1.16. The van der Waals surface area contributed by atoms with Crippen molar-refractivity contribution in [3.8, 4) is 0 Å². The maximum atomic E-state index is 11.3. The van der Waals surface area contributed by atoms with E-state index in [1.165, 1.54) is 31.1 Å². The number of guanidine groups is 1. The summed E-state index contributed by atoms with van der Waals surface area (Å²) in [7, 11) is -1.26. The van der Waals surface area contributed by atoms with Crippen molar-refractivity contribution in [3.05, 3.63) is 34.3 Å². The molecular weight excluding hydrogens is 402 g/mol. The number of benzene rings is 1. The van der Waals surface area contributed by atoms with Crippen LogP contribution in [0.25, 0.3) is 0 Å². The fourth-order valence-corrected chi connectivity index (χ4v) is 4.31. The third-order valence-electron chi connectivity index (χ3n) is 4.83. The van der Waals surface area contributed by atoms with Crippen LogP contribution >= 0.6 is 15.9 Å². The normalized spacial score (nSPS) is 18.0. The Balaban J connectivity index is 2.04. The minimum Gasteiger partial charge on any atom is -0.356 e. The number of sulfone groups is 1. The number of aliphatic imine (C=N–C) groups is 1. The number of halogens is 1. The highest BCUT2D eigenvalue weighted by atomic mass is 79.9. The summed E-state index contributed by atoms with van der Waals surface area (Å²) in [5.74, 6) is 0.758. The molecule has 0 spiro atoms. The predicted molar refractivity (Wildman–Crippen MR) is 108 cm³/mol. The van der Waals surface area contributed by atoms with Gasteiger partial charge < -0.3 is 10.6 Å². The van der Waals surface area contributed by atoms with E-state index in [-0.39, 0.29) is 11.2 Å². The van der Waals surface area contributed by atoms with Crippen LogP contribution in [0.4, 0.5) is 0 Å². The zero-order valence-corrected chi connectivity index (χ0v) is 17.4. The summed E-state index contributed by atoms with van der Waals surface area (Å²) in [5, 5.41) is 6.51. The van der Waals surface area contributed by atoms with Crippen LogP contribution < -0.4 is 10.6 Å². The summed E-state index contributed by atoms with van der Waals surface area (Å²) < 4.78 is 23.6. The monoisotopic (exact) mass is 429 g/mol. The van der Waals surface area contributed by atoms with Crippen LogP contribution in [0.2, 0.25) is 0 Å². The van der Waals surface area contributed by atoms with Crippen molar-refractivity contribution in [2.45, 2.75) is 37.5 Å². The van der Waals surface area contributed by atoms with E-state index in [1.54, 1.807) is 7.05 Å². The molecule has 1 saturated carbocycles. The van der Waals surface area contributed by atoms with E-state index >= 15 is 0 Å². The smallest absolute Gasteiger partial charge is 0.191 e. The topological polar surface area (TPSA) is 70.6 Å². The molecule has 1 aliphatic carbocycles. The standard InChI is InChI=1S/C18H28BrN3O2S/c1-20-17(21-11-12-25(2,23)24)22-14-18(9-4-3-5-10-18)15-7-6-8-16(19)13-15/h6-8,13H,3-5,9-12,14H2,1-2H3,(H2,20,21,22). The summed E-state index contributed by atoms with van der Waals surface area (Å²) in [4.78, 5) is 4.22. The van der Waals surface area contributed by atoms with E-state index in [9.17, 15) is 8.42 Å². The van der Waals surface area contributed by atoms with E-state index in [0.29, 0.717) is 12.5 Å². The fourth-order valence-electron chi connectivity index (χ4n) is 3.44. The van der Waals surface area contributed by atoms with Gasteiger partial charge in [0.15, 0.2) is 5.96 Å². The number of rotatable bonds is 6. The van der Waals surface area contributed by atoms with Crippen molar-refractivity contribution in [1.29, 1.82) is 0 Å². The number of nitrogens with zero attached hydrogens (tertiary/aromatic N) is 1. The molecular formula is C18H28BrN3O2S. The molecule has 0 radical (unpaired) electrons. The van der Waals surface area contributed by atoms with Gasteiger partial charge in [-0.05, 0) is 30.5 Å². The molecule has 0 aromatic heterocycles. The first-order valence-corrected chi connectivity index (χ1v) is 11.6. The molecule has 0 unspecified atom stereocenters. The summed E-state index contributed by atoms with van der Waals surface area (Å²) in [6.07, 6.45) is 7.29. The maximum Gasteiger partial charge on any atom is 0.191 e. The fraction of sp³-hybridized carbons (Fsp3) is 0.611. The molecule has 25 heavy (non-hydrogen) atoms. The van der Waals surface area contributed by atoms with Gasteiger partial charge in [-0.1, -0.05) is 47.3 Å². The second-order valence-electron chi connectivity index (χ2n) is 6.83. The molecule has 2 N–H and O–H groups in total. The van der Waals surface area contributed by atoms with Crippen LogP contribution in [0.5, 0.6) is 0 Å².